The van der Waals surface area contributed by atoms with Crippen molar-refractivity contribution in [2.24, 2.45) is 5.92 Å². The highest BCUT2D eigenvalue weighted by Crippen LogP contribution is 2.35. The van der Waals surface area contributed by atoms with Crippen LogP contribution in [-0.2, 0) is 14.8 Å². The maximum absolute atomic E-state index is 13.1. The first-order chi connectivity index (χ1) is 15.8. The van der Waals surface area contributed by atoms with Gasteiger partial charge >= 0.3 is 0 Å². The van der Waals surface area contributed by atoms with Crippen LogP contribution in [-0.4, -0.2) is 62.9 Å². The van der Waals surface area contributed by atoms with Crippen LogP contribution in [0.4, 0.5) is 4.39 Å². The van der Waals surface area contributed by atoms with Crippen molar-refractivity contribution in [1.82, 2.24) is 9.62 Å². The van der Waals surface area contributed by atoms with Gasteiger partial charge in [-0.2, -0.15) is 4.31 Å². The number of carbonyl (C=O) groups excluding carboxylic acids is 1. The first-order valence-electron chi connectivity index (χ1n) is 10.6. The van der Waals surface area contributed by atoms with E-state index in [9.17, 15) is 22.7 Å². The highest BCUT2D eigenvalue weighted by molar-refractivity contribution is 7.89. The van der Waals surface area contributed by atoms with Crippen LogP contribution in [0, 0.1) is 11.7 Å². The number of halogens is 1. The number of rotatable bonds is 8. The van der Waals surface area contributed by atoms with Crippen molar-refractivity contribution >= 4 is 15.9 Å². The summed E-state index contributed by atoms with van der Waals surface area (Å²) in [5.74, 6) is 0.615. The Hall–Kier alpha value is -2.89. The lowest BCUT2D eigenvalue weighted by molar-refractivity contribution is -0.126. The number of ether oxygens (including phenoxy) is 3. The molecule has 0 bridgehead atoms. The molecule has 1 unspecified atom stereocenters. The monoisotopic (exact) mass is 480 g/mol. The van der Waals surface area contributed by atoms with E-state index in [-0.39, 0.29) is 49.8 Å². The SMILES string of the molecule is O=C(NCC(O)COc1ccc2c(c1)OCO2)C1CCN(S(=O)(=O)c2ccc(F)cc2)CC1. The first kappa shape index (κ1) is 23.3. The van der Waals surface area contributed by atoms with Gasteiger partial charge in [-0.25, -0.2) is 12.8 Å². The molecule has 0 aromatic heterocycles. The van der Waals surface area contributed by atoms with Crippen LogP contribution < -0.4 is 19.5 Å². The van der Waals surface area contributed by atoms with Crippen molar-refractivity contribution in [2.75, 3.05) is 33.0 Å². The Kier molecular flexibility index (Phi) is 7.01. The summed E-state index contributed by atoms with van der Waals surface area (Å²) < 4.78 is 55.8. The summed E-state index contributed by atoms with van der Waals surface area (Å²) in [5.41, 5.74) is 0. The molecule has 4 rings (SSSR count). The number of fused-ring (bicyclic) bond motifs is 1. The van der Waals surface area contributed by atoms with Crippen LogP contribution in [0.3, 0.4) is 0 Å². The van der Waals surface area contributed by atoms with E-state index in [1.54, 1.807) is 18.2 Å². The van der Waals surface area contributed by atoms with Gasteiger partial charge < -0.3 is 24.6 Å². The third-order valence-corrected chi connectivity index (χ3v) is 7.49. The van der Waals surface area contributed by atoms with Crippen LogP contribution in [0.15, 0.2) is 47.4 Å². The van der Waals surface area contributed by atoms with Crippen molar-refractivity contribution in [3.8, 4) is 17.2 Å². The standard InChI is InChI=1S/C22H25FN2O7S/c23-16-1-4-19(5-2-16)33(28,29)25-9-7-15(8-10-25)22(27)24-12-17(26)13-30-18-3-6-20-21(11-18)32-14-31-20/h1-6,11,15,17,26H,7-10,12-14H2,(H,24,27). The third-order valence-electron chi connectivity index (χ3n) is 5.57. The number of piperidine rings is 1. The Morgan fingerprint density at radius 2 is 1.85 bits per heavy atom. The van der Waals surface area contributed by atoms with Crippen molar-refractivity contribution in [3.05, 3.63) is 48.3 Å². The van der Waals surface area contributed by atoms with Crippen LogP contribution in [0.1, 0.15) is 12.8 Å². The molecule has 1 amide bonds. The number of benzene rings is 2. The molecule has 0 spiro atoms. The summed E-state index contributed by atoms with van der Waals surface area (Å²) in [7, 11) is -3.73. The topological polar surface area (TPSA) is 114 Å². The molecule has 2 N–H and O–H groups in total. The molecular formula is C22H25FN2O7S. The Bertz CT molecular complexity index is 1090. The molecular weight excluding hydrogens is 455 g/mol. The van der Waals surface area contributed by atoms with Crippen LogP contribution in [0.2, 0.25) is 0 Å². The highest BCUT2D eigenvalue weighted by Gasteiger charge is 2.32. The van der Waals surface area contributed by atoms with Gasteiger partial charge in [-0.05, 0) is 49.2 Å². The fourth-order valence-electron chi connectivity index (χ4n) is 3.69. The summed E-state index contributed by atoms with van der Waals surface area (Å²) in [6, 6.07) is 9.76. The fourth-order valence-corrected chi connectivity index (χ4v) is 5.16. The summed E-state index contributed by atoms with van der Waals surface area (Å²) in [6.45, 7) is 0.525. The van der Waals surface area contributed by atoms with Gasteiger partial charge in [0, 0.05) is 31.6 Å². The molecule has 1 saturated heterocycles. The molecule has 2 heterocycles. The lowest BCUT2D eigenvalue weighted by Crippen LogP contribution is -2.44. The van der Waals surface area contributed by atoms with E-state index in [4.69, 9.17) is 14.2 Å². The van der Waals surface area contributed by atoms with Gasteiger partial charge in [0.15, 0.2) is 11.5 Å². The molecule has 178 valence electrons. The fraction of sp³-hybridized carbons (Fsp3) is 0.409. The normalized spacial score (nSPS) is 17.5. The number of hydrogen-bond donors (Lipinski definition) is 2. The lowest BCUT2D eigenvalue weighted by atomic mass is 9.97. The number of nitrogens with one attached hydrogen (secondary N) is 1. The first-order valence-corrected chi connectivity index (χ1v) is 12.0. The molecule has 2 aliphatic heterocycles. The summed E-state index contributed by atoms with van der Waals surface area (Å²) in [5, 5.41) is 12.8. The van der Waals surface area contributed by atoms with E-state index >= 15 is 0 Å². The van der Waals surface area contributed by atoms with E-state index in [0.717, 1.165) is 12.1 Å². The Morgan fingerprint density at radius 1 is 1.15 bits per heavy atom. The zero-order chi connectivity index (χ0) is 23.4. The number of aliphatic hydroxyl groups is 1. The summed E-state index contributed by atoms with van der Waals surface area (Å²) >= 11 is 0. The Balaban J connectivity index is 1.20. The molecule has 11 heteroatoms. The van der Waals surface area contributed by atoms with E-state index in [0.29, 0.717) is 30.1 Å². The van der Waals surface area contributed by atoms with Crippen LogP contribution >= 0.6 is 0 Å². The largest absolute Gasteiger partial charge is 0.491 e. The van der Waals surface area contributed by atoms with Crippen molar-refractivity contribution in [1.29, 1.82) is 0 Å². The predicted molar refractivity (Wildman–Crippen MR) is 115 cm³/mol. The zero-order valence-corrected chi connectivity index (χ0v) is 18.6. The maximum atomic E-state index is 13.1. The maximum Gasteiger partial charge on any atom is 0.243 e. The molecule has 0 radical (unpaired) electrons. The minimum atomic E-state index is -3.73. The minimum absolute atomic E-state index is 0.0114. The average Bonchev–Trinajstić information content (AvgIpc) is 3.29. The van der Waals surface area contributed by atoms with Gasteiger partial charge in [0.1, 0.15) is 24.3 Å². The molecule has 9 nitrogen and oxygen atoms in total. The molecule has 2 aromatic rings. The van der Waals surface area contributed by atoms with E-state index in [2.05, 4.69) is 5.32 Å². The van der Waals surface area contributed by atoms with Gasteiger partial charge in [-0.15, -0.1) is 0 Å². The van der Waals surface area contributed by atoms with E-state index < -0.39 is 21.9 Å². The van der Waals surface area contributed by atoms with Gasteiger partial charge in [-0.1, -0.05) is 0 Å². The smallest absolute Gasteiger partial charge is 0.243 e. The molecule has 2 aromatic carbocycles. The summed E-state index contributed by atoms with van der Waals surface area (Å²) in [4.78, 5) is 12.5. The second kappa shape index (κ2) is 9.94. The molecule has 33 heavy (non-hydrogen) atoms. The van der Waals surface area contributed by atoms with Gasteiger partial charge in [0.05, 0.1) is 4.90 Å². The summed E-state index contributed by atoms with van der Waals surface area (Å²) in [6.07, 6.45) is -0.204. The Morgan fingerprint density at radius 3 is 2.58 bits per heavy atom. The second-order valence-corrected chi connectivity index (χ2v) is 9.80. The molecule has 2 aliphatic rings. The molecule has 1 fully saturated rings. The van der Waals surface area contributed by atoms with Gasteiger partial charge in [-0.3, -0.25) is 4.79 Å². The molecule has 1 atom stereocenters. The second-order valence-electron chi connectivity index (χ2n) is 7.86. The quantitative estimate of drug-likeness (QED) is 0.589. The average molecular weight is 481 g/mol. The third kappa shape index (κ3) is 5.55. The number of hydrogen-bond acceptors (Lipinski definition) is 7. The van der Waals surface area contributed by atoms with Gasteiger partial charge in [0.25, 0.3) is 0 Å². The molecule has 0 saturated carbocycles. The Labute approximate surface area is 191 Å². The minimum Gasteiger partial charge on any atom is -0.491 e. The number of aliphatic hydroxyl groups excluding tert-OH is 1. The van der Waals surface area contributed by atoms with Crippen molar-refractivity contribution in [2.45, 2.75) is 23.8 Å². The van der Waals surface area contributed by atoms with Crippen molar-refractivity contribution < 1.29 is 36.9 Å². The highest BCUT2D eigenvalue weighted by atomic mass is 32.2. The number of carbonyl (C=O) groups is 1. The number of sulfonamides is 1. The van der Waals surface area contributed by atoms with E-state index in [1.807, 2.05) is 0 Å². The lowest BCUT2D eigenvalue weighted by Gasteiger charge is -2.30. The van der Waals surface area contributed by atoms with Crippen LogP contribution in [0.5, 0.6) is 17.2 Å². The number of amides is 1. The molecule has 0 aliphatic carbocycles. The predicted octanol–water partition coefficient (Wildman–Crippen LogP) is 1.51. The number of nitrogens with zero attached hydrogens (tertiary/aromatic N) is 1. The van der Waals surface area contributed by atoms with Crippen molar-refractivity contribution in [3.63, 3.8) is 0 Å². The van der Waals surface area contributed by atoms with E-state index in [1.165, 1.54) is 16.4 Å². The van der Waals surface area contributed by atoms with Gasteiger partial charge in [0.2, 0.25) is 22.7 Å². The van der Waals surface area contributed by atoms with Crippen LogP contribution in [0.25, 0.3) is 0 Å². The zero-order valence-electron chi connectivity index (χ0n) is 17.8.